The van der Waals surface area contributed by atoms with Crippen LogP contribution in [-0.2, 0) is 6.42 Å². The molecule has 0 aliphatic rings. The van der Waals surface area contributed by atoms with Crippen LogP contribution in [0.4, 0.5) is 0 Å². The van der Waals surface area contributed by atoms with Gasteiger partial charge in [0.15, 0.2) is 0 Å². The molecule has 0 aliphatic heterocycles. The molecule has 0 radical (unpaired) electrons. The van der Waals surface area contributed by atoms with Crippen LogP contribution in [-0.4, -0.2) is 14.2 Å². The van der Waals surface area contributed by atoms with Crippen LogP contribution < -0.4 is 9.47 Å². The molecule has 0 aliphatic carbocycles. The van der Waals surface area contributed by atoms with E-state index in [2.05, 4.69) is 24.3 Å². The van der Waals surface area contributed by atoms with Gasteiger partial charge < -0.3 is 13.9 Å². The van der Waals surface area contributed by atoms with Crippen LogP contribution in [0.25, 0.3) is 22.1 Å². The number of methoxy groups -OCH3 is 2. The third-order valence-corrected chi connectivity index (χ3v) is 4.55. The molecule has 1 heterocycles. The molecule has 130 valence electrons. The van der Waals surface area contributed by atoms with Crippen molar-refractivity contribution >= 4 is 11.0 Å². The SMILES string of the molecule is COc1ccc(-c2c(Cc3ccccc3)oc3ccc(OC)cc23)cc1. The van der Waals surface area contributed by atoms with E-state index in [4.69, 9.17) is 13.9 Å². The zero-order valence-corrected chi connectivity index (χ0v) is 14.9. The summed E-state index contributed by atoms with van der Waals surface area (Å²) in [6.07, 6.45) is 0.735. The maximum absolute atomic E-state index is 6.23. The van der Waals surface area contributed by atoms with Crippen LogP contribution in [0.3, 0.4) is 0 Å². The Kier molecular flexibility index (Phi) is 4.36. The van der Waals surface area contributed by atoms with Crippen molar-refractivity contribution in [2.45, 2.75) is 6.42 Å². The Hall–Kier alpha value is -3.20. The molecule has 4 rings (SSSR count). The summed E-state index contributed by atoms with van der Waals surface area (Å²) in [5.41, 5.74) is 4.28. The number of furan rings is 1. The molecule has 0 bridgehead atoms. The highest BCUT2D eigenvalue weighted by atomic mass is 16.5. The number of ether oxygens (including phenoxy) is 2. The molecule has 26 heavy (non-hydrogen) atoms. The predicted octanol–water partition coefficient (Wildman–Crippen LogP) is 5.71. The summed E-state index contributed by atoms with van der Waals surface area (Å²) in [4.78, 5) is 0. The molecular formula is C23H20O3. The lowest BCUT2D eigenvalue weighted by Crippen LogP contribution is -1.89. The highest BCUT2D eigenvalue weighted by Crippen LogP contribution is 2.38. The Balaban J connectivity index is 1.89. The first kappa shape index (κ1) is 16.3. The van der Waals surface area contributed by atoms with Gasteiger partial charge in [-0.3, -0.25) is 0 Å². The van der Waals surface area contributed by atoms with Crippen molar-refractivity contribution in [2.75, 3.05) is 14.2 Å². The zero-order valence-electron chi connectivity index (χ0n) is 14.9. The summed E-state index contributed by atoms with van der Waals surface area (Å²) in [6, 6.07) is 24.4. The van der Waals surface area contributed by atoms with E-state index in [0.29, 0.717) is 0 Å². The van der Waals surface area contributed by atoms with E-state index in [1.165, 1.54) is 5.56 Å². The van der Waals surface area contributed by atoms with Gasteiger partial charge in [0.25, 0.3) is 0 Å². The van der Waals surface area contributed by atoms with Crippen molar-refractivity contribution in [2.24, 2.45) is 0 Å². The zero-order chi connectivity index (χ0) is 17.9. The lowest BCUT2D eigenvalue weighted by atomic mass is 9.98. The van der Waals surface area contributed by atoms with Crippen LogP contribution in [0.15, 0.2) is 77.2 Å². The molecule has 0 atom stereocenters. The number of hydrogen-bond acceptors (Lipinski definition) is 3. The van der Waals surface area contributed by atoms with E-state index in [1.54, 1.807) is 14.2 Å². The fourth-order valence-corrected chi connectivity index (χ4v) is 3.23. The monoisotopic (exact) mass is 344 g/mol. The first-order valence-corrected chi connectivity index (χ1v) is 8.56. The maximum atomic E-state index is 6.23. The van der Waals surface area contributed by atoms with Gasteiger partial charge in [-0.05, 0) is 41.5 Å². The predicted molar refractivity (Wildman–Crippen MR) is 104 cm³/mol. The van der Waals surface area contributed by atoms with Crippen molar-refractivity contribution in [1.82, 2.24) is 0 Å². The van der Waals surface area contributed by atoms with E-state index in [1.807, 2.05) is 48.5 Å². The van der Waals surface area contributed by atoms with Crippen molar-refractivity contribution in [3.05, 3.63) is 84.1 Å². The lowest BCUT2D eigenvalue weighted by Gasteiger charge is -2.06. The van der Waals surface area contributed by atoms with Gasteiger partial charge in [-0.25, -0.2) is 0 Å². The minimum absolute atomic E-state index is 0.735. The third kappa shape index (κ3) is 3.04. The Bertz CT molecular complexity index is 1010. The minimum Gasteiger partial charge on any atom is -0.497 e. The van der Waals surface area contributed by atoms with Crippen LogP contribution >= 0.6 is 0 Å². The van der Waals surface area contributed by atoms with Crippen molar-refractivity contribution < 1.29 is 13.9 Å². The summed E-state index contributed by atoms with van der Waals surface area (Å²) >= 11 is 0. The Labute approximate surface area is 152 Å². The van der Waals surface area contributed by atoms with E-state index < -0.39 is 0 Å². The summed E-state index contributed by atoms with van der Waals surface area (Å²) < 4.78 is 16.9. The Morgan fingerprint density at radius 2 is 1.46 bits per heavy atom. The van der Waals surface area contributed by atoms with Gasteiger partial charge in [0.05, 0.1) is 14.2 Å². The molecule has 0 fully saturated rings. The average Bonchev–Trinajstić information content (AvgIpc) is 3.05. The molecule has 0 amide bonds. The summed E-state index contributed by atoms with van der Waals surface area (Å²) in [7, 11) is 3.35. The van der Waals surface area contributed by atoms with Gasteiger partial charge in [-0.1, -0.05) is 42.5 Å². The van der Waals surface area contributed by atoms with Gasteiger partial charge in [0.2, 0.25) is 0 Å². The topological polar surface area (TPSA) is 31.6 Å². The number of hydrogen-bond donors (Lipinski definition) is 0. The minimum atomic E-state index is 0.735. The molecule has 0 saturated carbocycles. The van der Waals surface area contributed by atoms with E-state index in [-0.39, 0.29) is 0 Å². The number of benzene rings is 3. The molecule has 0 saturated heterocycles. The van der Waals surface area contributed by atoms with Crippen LogP contribution in [0, 0.1) is 0 Å². The van der Waals surface area contributed by atoms with E-state index in [0.717, 1.165) is 45.8 Å². The summed E-state index contributed by atoms with van der Waals surface area (Å²) in [5.74, 6) is 2.60. The second kappa shape index (κ2) is 6.96. The molecule has 0 unspecified atom stereocenters. The van der Waals surface area contributed by atoms with Gasteiger partial charge in [-0.2, -0.15) is 0 Å². The summed E-state index contributed by atoms with van der Waals surface area (Å²) in [6.45, 7) is 0. The highest BCUT2D eigenvalue weighted by molar-refractivity contribution is 5.96. The number of rotatable bonds is 5. The van der Waals surface area contributed by atoms with Gasteiger partial charge >= 0.3 is 0 Å². The van der Waals surface area contributed by atoms with Crippen LogP contribution in [0.5, 0.6) is 11.5 Å². The first-order valence-electron chi connectivity index (χ1n) is 8.56. The second-order valence-corrected chi connectivity index (χ2v) is 6.15. The second-order valence-electron chi connectivity index (χ2n) is 6.15. The fraction of sp³-hybridized carbons (Fsp3) is 0.130. The Morgan fingerprint density at radius 1 is 0.769 bits per heavy atom. The van der Waals surface area contributed by atoms with Crippen LogP contribution in [0.2, 0.25) is 0 Å². The fourth-order valence-electron chi connectivity index (χ4n) is 3.23. The first-order chi connectivity index (χ1) is 12.8. The Morgan fingerprint density at radius 3 is 2.15 bits per heavy atom. The van der Waals surface area contributed by atoms with Gasteiger partial charge in [-0.15, -0.1) is 0 Å². The van der Waals surface area contributed by atoms with Crippen molar-refractivity contribution in [1.29, 1.82) is 0 Å². The van der Waals surface area contributed by atoms with Gasteiger partial charge in [0.1, 0.15) is 22.8 Å². The summed E-state index contributed by atoms with van der Waals surface area (Å²) in [5, 5.41) is 1.06. The normalized spacial score (nSPS) is 10.8. The molecule has 0 spiro atoms. The largest absolute Gasteiger partial charge is 0.497 e. The lowest BCUT2D eigenvalue weighted by molar-refractivity contribution is 0.415. The molecule has 1 aromatic heterocycles. The van der Waals surface area contributed by atoms with E-state index in [9.17, 15) is 0 Å². The third-order valence-electron chi connectivity index (χ3n) is 4.55. The van der Waals surface area contributed by atoms with E-state index >= 15 is 0 Å². The molecule has 3 nitrogen and oxygen atoms in total. The van der Waals surface area contributed by atoms with Crippen LogP contribution in [0.1, 0.15) is 11.3 Å². The number of fused-ring (bicyclic) bond motifs is 1. The molecule has 3 heteroatoms. The van der Waals surface area contributed by atoms with Gasteiger partial charge in [0, 0.05) is 17.4 Å². The maximum Gasteiger partial charge on any atom is 0.135 e. The quantitative estimate of drug-likeness (QED) is 0.465. The molecule has 0 N–H and O–H groups in total. The smallest absolute Gasteiger partial charge is 0.135 e. The molecule has 4 aromatic rings. The molecule has 3 aromatic carbocycles. The van der Waals surface area contributed by atoms with Crippen molar-refractivity contribution in [3.8, 4) is 22.6 Å². The molecular weight excluding hydrogens is 324 g/mol. The standard InChI is InChI=1S/C23H20O3/c1-24-18-10-8-17(9-11-18)23-20-15-19(25-2)12-13-21(20)26-22(23)14-16-6-4-3-5-7-16/h3-13,15H,14H2,1-2H3. The highest BCUT2D eigenvalue weighted by Gasteiger charge is 2.17. The van der Waals surface area contributed by atoms with Crippen molar-refractivity contribution in [3.63, 3.8) is 0 Å². The average molecular weight is 344 g/mol.